The fourth-order valence-corrected chi connectivity index (χ4v) is 1.86. The number of ether oxygens (including phenoxy) is 1. The third-order valence-electron chi connectivity index (χ3n) is 3.17. The van der Waals surface area contributed by atoms with Crippen molar-refractivity contribution in [3.63, 3.8) is 0 Å². The van der Waals surface area contributed by atoms with Gasteiger partial charge in [0.25, 0.3) is 0 Å². The SMILES string of the molecule is CCC(C)(O)COc1ccc(Br)cc1C(C)NC. The molecule has 0 amide bonds. The molecule has 0 saturated carbocycles. The predicted octanol–water partition coefficient (Wildman–Crippen LogP) is 3.27. The lowest BCUT2D eigenvalue weighted by Crippen LogP contribution is -2.31. The van der Waals surface area contributed by atoms with Gasteiger partial charge < -0.3 is 15.2 Å². The highest BCUT2D eigenvalue weighted by molar-refractivity contribution is 9.10. The molecule has 0 radical (unpaired) electrons. The van der Waals surface area contributed by atoms with Gasteiger partial charge in [-0.15, -0.1) is 0 Å². The van der Waals surface area contributed by atoms with Crippen LogP contribution in [0.2, 0.25) is 0 Å². The van der Waals surface area contributed by atoms with Crippen molar-refractivity contribution in [2.75, 3.05) is 13.7 Å². The van der Waals surface area contributed by atoms with Gasteiger partial charge in [-0.1, -0.05) is 22.9 Å². The van der Waals surface area contributed by atoms with E-state index in [2.05, 4.69) is 28.2 Å². The van der Waals surface area contributed by atoms with Crippen LogP contribution in [0.4, 0.5) is 0 Å². The summed E-state index contributed by atoms with van der Waals surface area (Å²) in [7, 11) is 1.91. The highest BCUT2D eigenvalue weighted by Gasteiger charge is 2.20. The molecule has 1 aromatic rings. The van der Waals surface area contributed by atoms with Crippen molar-refractivity contribution < 1.29 is 9.84 Å². The van der Waals surface area contributed by atoms with E-state index < -0.39 is 5.60 Å². The molecule has 102 valence electrons. The fourth-order valence-electron chi connectivity index (χ4n) is 1.48. The first-order chi connectivity index (χ1) is 8.39. The number of halogens is 1. The maximum absolute atomic E-state index is 9.98. The van der Waals surface area contributed by atoms with E-state index >= 15 is 0 Å². The van der Waals surface area contributed by atoms with Crippen LogP contribution in [0.25, 0.3) is 0 Å². The summed E-state index contributed by atoms with van der Waals surface area (Å²) in [6, 6.07) is 6.11. The second-order valence-corrected chi connectivity index (χ2v) is 5.75. The molecule has 1 rings (SSSR count). The molecule has 0 fully saturated rings. The topological polar surface area (TPSA) is 41.5 Å². The molecular weight excluding hydrogens is 294 g/mol. The Morgan fingerprint density at radius 3 is 2.72 bits per heavy atom. The van der Waals surface area contributed by atoms with Crippen molar-refractivity contribution >= 4 is 15.9 Å². The Kier molecular flexibility index (Phi) is 5.63. The Balaban J connectivity index is 2.88. The molecule has 2 N–H and O–H groups in total. The third-order valence-corrected chi connectivity index (χ3v) is 3.66. The summed E-state index contributed by atoms with van der Waals surface area (Å²) < 4.78 is 6.78. The molecule has 0 saturated heterocycles. The fraction of sp³-hybridized carbons (Fsp3) is 0.571. The van der Waals surface area contributed by atoms with E-state index in [4.69, 9.17) is 4.74 Å². The van der Waals surface area contributed by atoms with Gasteiger partial charge in [-0.25, -0.2) is 0 Å². The average Bonchev–Trinajstić information content (AvgIpc) is 2.36. The molecule has 2 atom stereocenters. The Morgan fingerprint density at radius 1 is 1.50 bits per heavy atom. The zero-order chi connectivity index (χ0) is 13.8. The van der Waals surface area contributed by atoms with Gasteiger partial charge in [0, 0.05) is 16.1 Å². The number of benzene rings is 1. The second-order valence-electron chi connectivity index (χ2n) is 4.83. The standard InChI is InChI=1S/C14H22BrNO2/c1-5-14(3,17)9-18-13-7-6-11(15)8-12(13)10(2)16-4/h6-8,10,16-17H,5,9H2,1-4H3. The molecule has 0 bridgehead atoms. The summed E-state index contributed by atoms with van der Waals surface area (Å²) in [5.41, 5.74) is 0.298. The number of rotatable bonds is 6. The molecule has 18 heavy (non-hydrogen) atoms. The van der Waals surface area contributed by atoms with Crippen molar-refractivity contribution in [2.45, 2.75) is 38.8 Å². The molecule has 0 aliphatic heterocycles. The molecule has 0 heterocycles. The summed E-state index contributed by atoms with van der Waals surface area (Å²) in [4.78, 5) is 0. The lowest BCUT2D eigenvalue weighted by Gasteiger charge is -2.24. The molecule has 0 spiro atoms. The van der Waals surface area contributed by atoms with Gasteiger partial charge in [-0.05, 0) is 45.5 Å². The average molecular weight is 316 g/mol. The zero-order valence-corrected chi connectivity index (χ0v) is 13.0. The van der Waals surface area contributed by atoms with Gasteiger partial charge in [-0.3, -0.25) is 0 Å². The summed E-state index contributed by atoms with van der Waals surface area (Å²) in [6.45, 7) is 6.11. The molecule has 0 aliphatic rings. The van der Waals surface area contributed by atoms with Crippen LogP contribution in [0.5, 0.6) is 5.75 Å². The van der Waals surface area contributed by atoms with Crippen LogP contribution >= 0.6 is 15.9 Å². The first-order valence-electron chi connectivity index (χ1n) is 6.21. The molecule has 0 aliphatic carbocycles. The van der Waals surface area contributed by atoms with Gasteiger partial charge in [0.2, 0.25) is 0 Å². The van der Waals surface area contributed by atoms with E-state index in [1.54, 1.807) is 6.92 Å². The van der Waals surface area contributed by atoms with E-state index in [1.807, 2.05) is 32.2 Å². The molecule has 2 unspecified atom stereocenters. The third kappa shape index (κ3) is 4.26. The van der Waals surface area contributed by atoms with Gasteiger partial charge in [0.1, 0.15) is 12.4 Å². The van der Waals surface area contributed by atoms with Crippen LogP contribution in [0.1, 0.15) is 38.8 Å². The largest absolute Gasteiger partial charge is 0.490 e. The summed E-state index contributed by atoms with van der Waals surface area (Å²) >= 11 is 3.47. The zero-order valence-electron chi connectivity index (χ0n) is 11.5. The Hall–Kier alpha value is -0.580. The summed E-state index contributed by atoms with van der Waals surface area (Å²) in [5.74, 6) is 0.814. The molecular formula is C14H22BrNO2. The highest BCUT2D eigenvalue weighted by atomic mass is 79.9. The lowest BCUT2D eigenvalue weighted by atomic mass is 10.0. The minimum absolute atomic E-state index is 0.198. The second kappa shape index (κ2) is 6.55. The normalized spacial score (nSPS) is 16.1. The first-order valence-corrected chi connectivity index (χ1v) is 7.01. The van der Waals surface area contributed by atoms with Crippen molar-refractivity contribution in [3.05, 3.63) is 28.2 Å². The van der Waals surface area contributed by atoms with E-state index in [9.17, 15) is 5.11 Å². The van der Waals surface area contributed by atoms with Crippen LogP contribution in [0.15, 0.2) is 22.7 Å². The van der Waals surface area contributed by atoms with Gasteiger partial charge in [0.05, 0.1) is 5.60 Å². The molecule has 0 aromatic heterocycles. The Labute approximate surface area is 118 Å². The summed E-state index contributed by atoms with van der Waals surface area (Å²) in [5, 5.41) is 13.2. The number of nitrogens with one attached hydrogen (secondary N) is 1. The minimum Gasteiger partial charge on any atom is -0.490 e. The Morgan fingerprint density at radius 2 is 2.17 bits per heavy atom. The van der Waals surface area contributed by atoms with Crippen molar-refractivity contribution in [2.24, 2.45) is 0 Å². The van der Waals surface area contributed by atoms with Gasteiger partial charge in [0.15, 0.2) is 0 Å². The van der Waals surface area contributed by atoms with E-state index in [0.717, 1.165) is 15.8 Å². The van der Waals surface area contributed by atoms with Crippen LogP contribution < -0.4 is 10.1 Å². The van der Waals surface area contributed by atoms with Gasteiger partial charge in [-0.2, -0.15) is 0 Å². The summed E-state index contributed by atoms with van der Waals surface area (Å²) in [6.07, 6.45) is 0.667. The van der Waals surface area contributed by atoms with Crippen molar-refractivity contribution in [1.29, 1.82) is 0 Å². The van der Waals surface area contributed by atoms with Crippen LogP contribution in [-0.4, -0.2) is 24.4 Å². The minimum atomic E-state index is -0.784. The quantitative estimate of drug-likeness (QED) is 0.846. The number of hydrogen-bond donors (Lipinski definition) is 2. The van der Waals surface area contributed by atoms with E-state index in [-0.39, 0.29) is 6.04 Å². The molecule has 3 nitrogen and oxygen atoms in total. The van der Waals surface area contributed by atoms with Gasteiger partial charge >= 0.3 is 0 Å². The lowest BCUT2D eigenvalue weighted by molar-refractivity contribution is 0.00806. The van der Waals surface area contributed by atoms with E-state index in [0.29, 0.717) is 13.0 Å². The highest BCUT2D eigenvalue weighted by Crippen LogP contribution is 2.29. The maximum atomic E-state index is 9.98. The molecule has 4 heteroatoms. The van der Waals surface area contributed by atoms with Crippen LogP contribution in [0, 0.1) is 0 Å². The van der Waals surface area contributed by atoms with Crippen LogP contribution in [0.3, 0.4) is 0 Å². The predicted molar refractivity (Wildman–Crippen MR) is 78.0 cm³/mol. The monoisotopic (exact) mass is 315 g/mol. The molecule has 1 aromatic carbocycles. The number of aliphatic hydroxyl groups is 1. The maximum Gasteiger partial charge on any atom is 0.124 e. The Bertz CT molecular complexity index is 393. The van der Waals surface area contributed by atoms with Crippen molar-refractivity contribution in [3.8, 4) is 5.75 Å². The van der Waals surface area contributed by atoms with Crippen molar-refractivity contribution in [1.82, 2.24) is 5.32 Å². The van der Waals surface area contributed by atoms with E-state index in [1.165, 1.54) is 0 Å². The van der Waals surface area contributed by atoms with Crippen LogP contribution in [-0.2, 0) is 0 Å². The first kappa shape index (κ1) is 15.5. The smallest absolute Gasteiger partial charge is 0.124 e. The number of hydrogen-bond acceptors (Lipinski definition) is 3.